The molecule has 0 radical (unpaired) electrons. The van der Waals surface area contributed by atoms with Crippen LogP contribution in [0, 0.1) is 5.92 Å². The zero-order chi connectivity index (χ0) is 11.2. The van der Waals surface area contributed by atoms with Crippen molar-refractivity contribution in [3.8, 4) is 0 Å². The van der Waals surface area contributed by atoms with Crippen molar-refractivity contribution in [1.82, 2.24) is 5.32 Å². The smallest absolute Gasteiger partial charge is 0.238 e. The molecule has 2 atom stereocenters. The Morgan fingerprint density at radius 1 is 1.71 bits per heavy atom. The molecule has 5 heteroatoms. The number of thioether (sulfide) groups is 1. The lowest BCUT2D eigenvalue weighted by Gasteiger charge is -2.25. The first-order valence-corrected chi connectivity index (χ1v) is 5.79. The number of nitrogens with two attached hydrogens (primary N) is 1. The van der Waals surface area contributed by atoms with E-state index in [9.17, 15) is 4.79 Å². The van der Waals surface area contributed by atoms with Gasteiger partial charge >= 0.3 is 0 Å². The summed E-state index contributed by atoms with van der Waals surface area (Å²) in [7, 11) is 1.72. The van der Waals surface area contributed by atoms with Crippen LogP contribution in [-0.4, -0.2) is 41.7 Å². The van der Waals surface area contributed by atoms with Crippen molar-refractivity contribution < 1.29 is 9.90 Å². The molecule has 4 N–H and O–H groups in total. The van der Waals surface area contributed by atoms with Gasteiger partial charge in [0.1, 0.15) is 5.54 Å². The maximum atomic E-state index is 11.1. The predicted octanol–water partition coefficient (Wildman–Crippen LogP) is -0.189. The van der Waals surface area contributed by atoms with Crippen LogP contribution in [0.4, 0.5) is 0 Å². The van der Waals surface area contributed by atoms with Crippen molar-refractivity contribution in [3.63, 3.8) is 0 Å². The molecular weight excluding hydrogens is 200 g/mol. The van der Waals surface area contributed by atoms with E-state index in [1.54, 1.807) is 25.7 Å². The van der Waals surface area contributed by atoms with E-state index in [0.717, 1.165) is 5.75 Å². The molecule has 0 saturated heterocycles. The van der Waals surface area contributed by atoms with Gasteiger partial charge in [-0.1, -0.05) is 6.92 Å². The lowest BCUT2D eigenvalue weighted by Crippen LogP contribution is -2.53. The second kappa shape index (κ2) is 6.27. The molecule has 0 aliphatic rings. The maximum Gasteiger partial charge on any atom is 0.238 e. The summed E-state index contributed by atoms with van der Waals surface area (Å²) in [6.07, 6.45) is 0. The Labute approximate surface area is 89.6 Å². The fourth-order valence-corrected chi connectivity index (χ4v) is 2.10. The Bertz CT molecular complexity index is 190. The first kappa shape index (κ1) is 13.7. The van der Waals surface area contributed by atoms with E-state index in [-0.39, 0.29) is 18.4 Å². The normalized spacial score (nSPS) is 17.4. The first-order valence-electron chi connectivity index (χ1n) is 4.63. The summed E-state index contributed by atoms with van der Waals surface area (Å²) in [6.45, 7) is 3.93. The topological polar surface area (TPSA) is 75.3 Å². The second-order valence-electron chi connectivity index (χ2n) is 3.75. The van der Waals surface area contributed by atoms with E-state index in [4.69, 9.17) is 10.8 Å². The van der Waals surface area contributed by atoms with Crippen molar-refractivity contribution in [1.29, 1.82) is 0 Å². The molecular formula is C9H20N2O2S. The van der Waals surface area contributed by atoms with Gasteiger partial charge in [-0.2, -0.15) is 11.8 Å². The first-order chi connectivity index (χ1) is 6.46. The van der Waals surface area contributed by atoms with Crippen molar-refractivity contribution in [3.05, 3.63) is 0 Å². The average Bonchev–Trinajstić information content (AvgIpc) is 2.16. The molecule has 2 unspecified atom stereocenters. The second-order valence-corrected chi connectivity index (χ2v) is 4.78. The Morgan fingerprint density at radius 2 is 2.29 bits per heavy atom. The third-order valence-corrected chi connectivity index (χ3v) is 3.79. The van der Waals surface area contributed by atoms with Crippen LogP contribution in [0.5, 0.6) is 0 Å². The summed E-state index contributed by atoms with van der Waals surface area (Å²) in [5.74, 6) is 1.38. The highest BCUT2D eigenvalue weighted by Gasteiger charge is 2.28. The minimum Gasteiger partial charge on any atom is -0.396 e. The van der Waals surface area contributed by atoms with Crippen molar-refractivity contribution >= 4 is 17.7 Å². The number of rotatable bonds is 7. The fraction of sp³-hybridized carbons (Fsp3) is 0.889. The van der Waals surface area contributed by atoms with E-state index in [1.807, 2.05) is 6.92 Å². The summed E-state index contributed by atoms with van der Waals surface area (Å²) < 4.78 is 0. The van der Waals surface area contributed by atoms with Gasteiger partial charge in [-0.3, -0.25) is 4.79 Å². The van der Waals surface area contributed by atoms with E-state index in [1.165, 1.54) is 0 Å². The molecule has 0 aromatic carbocycles. The molecule has 0 aliphatic heterocycles. The summed E-state index contributed by atoms with van der Waals surface area (Å²) in [6, 6.07) is 0. The molecule has 0 rings (SSSR count). The Kier molecular flexibility index (Phi) is 6.15. The standard InChI is InChI=1S/C9H20N2O2S/c1-7(4-12)5-14-6-9(2,11-3)8(10)13/h7,11-12H,4-6H2,1-3H3,(H2,10,13). The quantitative estimate of drug-likeness (QED) is 0.556. The number of nitrogens with one attached hydrogen (secondary N) is 1. The number of primary amides is 1. The fourth-order valence-electron chi connectivity index (χ4n) is 0.783. The number of likely N-dealkylation sites (N-methyl/N-ethyl adjacent to an activating group) is 1. The number of carbonyl (C=O) groups is 1. The van der Waals surface area contributed by atoms with Gasteiger partial charge in [0.05, 0.1) is 0 Å². The Hall–Kier alpha value is -0.260. The van der Waals surface area contributed by atoms with Crippen LogP contribution in [0.15, 0.2) is 0 Å². The Balaban J connectivity index is 3.90. The largest absolute Gasteiger partial charge is 0.396 e. The molecule has 4 nitrogen and oxygen atoms in total. The maximum absolute atomic E-state index is 11.1. The number of aliphatic hydroxyl groups excluding tert-OH is 1. The zero-order valence-corrected chi connectivity index (χ0v) is 9.86. The highest BCUT2D eigenvalue weighted by atomic mass is 32.2. The molecule has 0 aromatic rings. The predicted molar refractivity (Wildman–Crippen MR) is 60.2 cm³/mol. The SMILES string of the molecule is CNC(C)(CSCC(C)CO)C(N)=O. The molecule has 0 aromatic heterocycles. The van der Waals surface area contributed by atoms with Crippen LogP contribution in [0.2, 0.25) is 0 Å². The highest BCUT2D eigenvalue weighted by molar-refractivity contribution is 7.99. The minimum absolute atomic E-state index is 0.180. The number of carbonyl (C=O) groups excluding carboxylic acids is 1. The molecule has 84 valence electrons. The lowest BCUT2D eigenvalue weighted by atomic mass is 10.1. The van der Waals surface area contributed by atoms with Crippen LogP contribution in [-0.2, 0) is 4.79 Å². The molecule has 0 aliphatic carbocycles. The van der Waals surface area contributed by atoms with Crippen LogP contribution in [0.3, 0.4) is 0 Å². The van der Waals surface area contributed by atoms with E-state index < -0.39 is 5.54 Å². The third kappa shape index (κ3) is 4.30. The van der Waals surface area contributed by atoms with Crippen molar-refractivity contribution in [2.75, 3.05) is 25.2 Å². The van der Waals surface area contributed by atoms with E-state index in [0.29, 0.717) is 5.75 Å². The van der Waals surface area contributed by atoms with Gasteiger partial charge in [-0.25, -0.2) is 0 Å². The van der Waals surface area contributed by atoms with Gasteiger partial charge in [-0.05, 0) is 25.6 Å². The monoisotopic (exact) mass is 220 g/mol. The summed E-state index contributed by atoms with van der Waals surface area (Å²) in [5.41, 5.74) is 4.61. The molecule has 0 spiro atoms. The van der Waals surface area contributed by atoms with Gasteiger partial charge in [0.15, 0.2) is 0 Å². The summed E-state index contributed by atoms with van der Waals surface area (Å²) in [4.78, 5) is 11.1. The van der Waals surface area contributed by atoms with Gasteiger partial charge in [0.2, 0.25) is 5.91 Å². The molecule has 0 heterocycles. The minimum atomic E-state index is -0.653. The van der Waals surface area contributed by atoms with Crippen LogP contribution < -0.4 is 11.1 Å². The third-order valence-electron chi connectivity index (χ3n) is 2.20. The van der Waals surface area contributed by atoms with Gasteiger partial charge in [0.25, 0.3) is 0 Å². The molecule has 0 bridgehead atoms. The number of amides is 1. The highest BCUT2D eigenvalue weighted by Crippen LogP contribution is 2.15. The summed E-state index contributed by atoms with van der Waals surface area (Å²) >= 11 is 1.62. The molecule has 0 fully saturated rings. The van der Waals surface area contributed by atoms with E-state index >= 15 is 0 Å². The van der Waals surface area contributed by atoms with Gasteiger partial charge in [-0.15, -0.1) is 0 Å². The molecule has 14 heavy (non-hydrogen) atoms. The van der Waals surface area contributed by atoms with Crippen LogP contribution in [0.25, 0.3) is 0 Å². The lowest BCUT2D eigenvalue weighted by molar-refractivity contribution is -0.122. The molecule has 0 saturated carbocycles. The number of aliphatic hydroxyl groups is 1. The van der Waals surface area contributed by atoms with E-state index in [2.05, 4.69) is 5.32 Å². The van der Waals surface area contributed by atoms with Crippen LogP contribution in [0.1, 0.15) is 13.8 Å². The summed E-state index contributed by atoms with van der Waals surface area (Å²) in [5, 5.41) is 11.7. The van der Waals surface area contributed by atoms with Crippen molar-refractivity contribution in [2.45, 2.75) is 19.4 Å². The molecule has 1 amide bonds. The average molecular weight is 220 g/mol. The zero-order valence-electron chi connectivity index (χ0n) is 9.04. The van der Waals surface area contributed by atoms with Crippen molar-refractivity contribution in [2.24, 2.45) is 11.7 Å². The van der Waals surface area contributed by atoms with Crippen LogP contribution >= 0.6 is 11.8 Å². The number of hydrogen-bond donors (Lipinski definition) is 3. The Morgan fingerprint density at radius 3 is 2.64 bits per heavy atom. The number of hydrogen-bond acceptors (Lipinski definition) is 4. The van der Waals surface area contributed by atoms with Gasteiger partial charge in [0, 0.05) is 12.4 Å². The van der Waals surface area contributed by atoms with Gasteiger partial charge < -0.3 is 16.2 Å².